The first-order chi connectivity index (χ1) is 8.72. The Hall–Kier alpha value is -1.34. The molecule has 2 aromatic heterocycles. The van der Waals surface area contributed by atoms with E-state index in [-0.39, 0.29) is 0 Å². The molecule has 2 aromatic rings. The number of thioether (sulfide) groups is 1. The van der Waals surface area contributed by atoms with Gasteiger partial charge in [0.25, 0.3) is 0 Å². The second kappa shape index (κ2) is 6.01. The summed E-state index contributed by atoms with van der Waals surface area (Å²) in [7, 11) is 3.56. The van der Waals surface area contributed by atoms with Gasteiger partial charge in [-0.15, -0.1) is 0 Å². The summed E-state index contributed by atoms with van der Waals surface area (Å²) in [5.74, 6) is 3.04. The fraction of sp³-hybridized carbons (Fsp3) is 0.545. The van der Waals surface area contributed by atoms with E-state index in [1.807, 2.05) is 7.05 Å². The van der Waals surface area contributed by atoms with Crippen LogP contribution in [0.5, 0.6) is 0 Å². The van der Waals surface area contributed by atoms with E-state index in [1.165, 1.54) is 0 Å². The molecular weight excluding hydrogens is 250 g/mol. The topological polar surface area (TPSA) is 78.9 Å². The number of aromatic nitrogens is 4. The number of anilines is 1. The molecule has 0 spiro atoms. The number of hydrogen-bond donors (Lipinski definition) is 1. The molecule has 0 aliphatic rings. The summed E-state index contributed by atoms with van der Waals surface area (Å²) >= 11 is 1.78. The van der Waals surface area contributed by atoms with Gasteiger partial charge in [0, 0.05) is 20.8 Å². The number of hydrogen-bond acceptors (Lipinski definition) is 6. The molecule has 0 aliphatic heterocycles. The molecule has 0 aliphatic carbocycles. The lowest BCUT2D eigenvalue weighted by atomic mass is 10.4. The number of rotatable bonds is 6. The number of nitrogen functional groups attached to an aromatic ring is 1. The summed E-state index contributed by atoms with van der Waals surface area (Å²) in [5, 5.41) is 4.94. The number of fused-ring (bicyclic) bond motifs is 1. The Morgan fingerprint density at radius 2 is 2.28 bits per heavy atom. The van der Waals surface area contributed by atoms with Gasteiger partial charge in [-0.1, -0.05) is 0 Å². The van der Waals surface area contributed by atoms with Crippen LogP contribution in [0.2, 0.25) is 0 Å². The molecule has 0 saturated carbocycles. The molecule has 0 radical (unpaired) electrons. The van der Waals surface area contributed by atoms with Crippen LogP contribution in [0.4, 0.5) is 5.82 Å². The molecule has 0 fully saturated rings. The third-order valence-corrected chi connectivity index (χ3v) is 3.58. The Morgan fingerprint density at radius 3 is 3.06 bits per heavy atom. The maximum absolute atomic E-state index is 5.89. The molecule has 18 heavy (non-hydrogen) atoms. The van der Waals surface area contributed by atoms with E-state index in [4.69, 9.17) is 10.5 Å². The molecule has 0 saturated heterocycles. The van der Waals surface area contributed by atoms with Crippen LogP contribution in [0.15, 0.2) is 6.20 Å². The molecule has 2 heterocycles. The normalized spacial score (nSPS) is 11.2. The zero-order valence-electron chi connectivity index (χ0n) is 10.6. The predicted octanol–water partition coefficient (Wildman–Crippen LogP) is 1.22. The Kier molecular flexibility index (Phi) is 4.38. The second-order valence-electron chi connectivity index (χ2n) is 3.93. The first-order valence-corrected chi connectivity index (χ1v) is 6.88. The lowest BCUT2D eigenvalue weighted by Crippen LogP contribution is -2.02. The smallest absolute Gasteiger partial charge is 0.163 e. The summed E-state index contributed by atoms with van der Waals surface area (Å²) in [5.41, 5.74) is 6.68. The van der Waals surface area contributed by atoms with Crippen molar-refractivity contribution in [1.82, 2.24) is 19.7 Å². The molecule has 0 unspecified atom stereocenters. The van der Waals surface area contributed by atoms with Crippen molar-refractivity contribution >= 4 is 28.6 Å². The first-order valence-electron chi connectivity index (χ1n) is 5.73. The Morgan fingerprint density at radius 1 is 1.44 bits per heavy atom. The predicted molar refractivity (Wildman–Crippen MR) is 73.4 cm³/mol. The van der Waals surface area contributed by atoms with Gasteiger partial charge < -0.3 is 10.5 Å². The minimum absolute atomic E-state index is 0.501. The molecule has 98 valence electrons. The molecule has 0 atom stereocenters. The molecule has 0 aromatic carbocycles. The SMILES string of the molecule is COCCCSCc1nc(N)c2cnn(C)c2n1. The van der Waals surface area contributed by atoms with Crippen LogP contribution < -0.4 is 5.73 Å². The summed E-state index contributed by atoms with van der Waals surface area (Å²) in [6, 6.07) is 0. The van der Waals surface area contributed by atoms with Crippen LogP contribution in [0.1, 0.15) is 12.2 Å². The monoisotopic (exact) mass is 267 g/mol. The number of aryl methyl sites for hydroxylation is 1. The average Bonchev–Trinajstić information content (AvgIpc) is 2.72. The highest BCUT2D eigenvalue weighted by atomic mass is 32.2. The van der Waals surface area contributed by atoms with Crippen molar-refractivity contribution in [3.63, 3.8) is 0 Å². The van der Waals surface area contributed by atoms with E-state index in [0.717, 1.165) is 41.4 Å². The molecular formula is C11H17N5OS. The molecule has 0 bridgehead atoms. The van der Waals surface area contributed by atoms with Crippen LogP contribution in [0, 0.1) is 0 Å². The minimum atomic E-state index is 0.501. The number of ether oxygens (including phenoxy) is 1. The van der Waals surface area contributed by atoms with Crippen molar-refractivity contribution in [2.45, 2.75) is 12.2 Å². The van der Waals surface area contributed by atoms with Gasteiger partial charge >= 0.3 is 0 Å². The summed E-state index contributed by atoms with van der Waals surface area (Å²) in [4.78, 5) is 8.76. The molecule has 2 N–H and O–H groups in total. The third-order valence-electron chi connectivity index (χ3n) is 2.54. The molecule has 6 nitrogen and oxygen atoms in total. The van der Waals surface area contributed by atoms with E-state index in [2.05, 4.69) is 15.1 Å². The Balaban J connectivity index is 2.02. The maximum Gasteiger partial charge on any atom is 0.163 e. The van der Waals surface area contributed by atoms with Crippen molar-refractivity contribution in [1.29, 1.82) is 0 Å². The zero-order valence-corrected chi connectivity index (χ0v) is 11.4. The zero-order chi connectivity index (χ0) is 13.0. The highest BCUT2D eigenvalue weighted by Crippen LogP contribution is 2.18. The van der Waals surface area contributed by atoms with Crippen LogP contribution >= 0.6 is 11.8 Å². The van der Waals surface area contributed by atoms with Gasteiger partial charge in [-0.2, -0.15) is 16.9 Å². The van der Waals surface area contributed by atoms with Gasteiger partial charge in [0.15, 0.2) is 5.65 Å². The number of nitrogens with two attached hydrogens (primary N) is 1. The van der Waals surface area contributed by atoms with Crippen molar-refractivity contribution in [2.24, 2.45) is 7.05 Å². The lowest BCUT2D eigenvalue weighted by molar-refractivity contribution is 0.200. The van der Waals surface area contributed by atoms with Crippen molar-refractivity contribution < 1.29 is 4.74 Å². The number of methoxy groups -OCH3 is 1. The van der Waals surface area contributed by atoms with Gasteiger partial charge in [0.1, 0.15) is 11.6 Å². The van der Waals surface area contributed by atoms with Gasteiger partial charge in [-0.25, -0.2) is 9.97 Å². The average molecular weight is 267 g/mol. The lowest BCUT2D eigenvalue weighted by Gasteiger charge is -2.03. The van der Waals surface area contributed by atoms with Crippen LogP contribution in [-0.4, -0.2) is 39.2 Å². The summed E-state index contributed by atoms with van der Waals surface area (Å²) in [6.45, 7) is 0.788. The van der Waals surface area contributed by atoms with Crippen LogP contribution in [0.25, 0.3) is 11.0 Å². The van der Waals surface area contributed by atoms with E-state index < -0.39 is 0 Å². The molecule has 2 rings (SSSR count). The molecule has 0 amide bonds. The highest BCUT2D eigenvalue weighted by Gasteiger charge is 2.08. The van der Waals surface area contributed by atoms with Crippen molar-refractivity contribution in [3.05, 3.63) is 12.0 Å². The quantitative estimate of drug-likeness (QED) is 0.793. The maximum atomic E-state index is 5.89. The summed E-state index contributed by atoms with van der Waals surface area (Å²) < 4.78 is 6.71. The van der Waals surface area contributed by atoms with Gasteiger partial charge in [-0.3, -0.25) is 4.68 Å². The molecule has 7 heteroatoms. The summed E-state index contributed by atoms with van der Waals surface area (Å²) in [6.07, 6.45) is 2.73. The van der Waals surface area contributed by atoms with E-state index in [0.29, 0.717) is 5.82 Å². The third kappa shape index (κ3) is 2.91. The standard InChI is InChI=1S/C11H17N5OS/c1-16-11-8(6-13-16)10(12)14-9(15-11)7-18-5-3-4-17-2/h6H,3-5,7H2,1-2H3,(H2,12,14,15). The van der Waals surface area contributed by atoms with E-state index in [9.17, 15) is 0 Å². The second-order valence-corrected chi connectivity index (χ2v) is 5.03. The van der Waals surface area contributed by atoms with Gasteiger partial charge in [-0.05, 0) is 12.2 Å². The van der Waals surface area contributed by atoms with Crippen molar-refractivity contribution in [2.75, 3.05) is 25.2 Å². The van der Waals surface area contributed by atoms with Gasteiger partial charge in [0.05, 0.1) is 17.3 Å². The Labute approximate surface area is 110 Å². The van der Waals surface area contributed by atoms with Gasteiger partial charge in [0.2, 0.25) is 0 Å². The minimum Gasteiger partial charge on any atom is -0.385 e. The fourth-order valence-corrected chi connectivity index (χ4v) is 2.40. The van der Waals surface area contributed by atoms with Crippen LogP contribution in [-0.2, 0) is 17.5 Å². The largest absolute Gasteiger partial charge is 0.385 e. The first kappa shape index (κ1) is 13.1. The Bertz CT molecular complexity index is 527. The van der Waals surface area contributed by atoms with E-state index in [1.54, 1.807) is 29.8 Å². The van der Waals surface area contributed by atoms with Crippen molar-refractivity contribution in [3.8, 4) is 0 Å². The fourth-order valence-electron chi connectivity index (χ4n) is 1.62. The number of nitrogens with zero attached hydrogens (tertiary/aromatic N) is 4. The van der Waals surface area contributed by atoms with Crippen LogP contribution in [0.3, 0.4) is 0 Å². The highest BCUT2D eigenvalue weighted by molar-refractivity contribution is 7.98. The van der Waals surface area contributed by atoms with E-state index >= 15 is 0 Å².